The zero-order chi connectivity index (χ0) is 15.1. The topological polar surface area (TPSA) is 135 Å². The minimum atomic E-state index is -4.27. The number of carboxylic acids is 2. The molecule has 7 nitrogen and oxygen atoms in total. The van der Waals surface area contributed by atoms with Crippen molar-refractivity contribution in [2.45, 2.75) is 4.90 Å². The van der Waals surface area contributed by atoms with Crippen molar-refractivity contribution in [3.63, 3.8) is 0 Å². The van der Waals surface area contributed by atoms with E-state index >= 15 is 0 Å². The molecule has 0 fully saturated rings. The summed E-state index contributed by atoms with van der Waals surface area (Å²) in [5, 5.41) is 23.3. The zero-order valence-electron chi connectivity index (χ0n) is 9.90. The normalized spacial score (nSPS) is 11.4. The maximum atomic E-state index is 11.6. The van der Waals surface area contributed by atoms with Gasteiger partial charge in [-0.25, -0.2) is 23.1 Å². The number of rotatable bonds is 3. The molecule has 0 saturated carbocycles. The molecule has 0 amide bonds. The third-order valence-electron chi connectivity index (χ3n) is 2.73. The summed E-state index contributed by atoms with van der Waals surface area (Å²) in [5.41, 5.74) is -0.496. The number of sulfonamides is 1. The van der Waals surface area contributed by atoms with Gasteiger partial charge in [0, 0.05) is 5.39 Å². The van der Waals surface area contributed by atoms with Crippen molar-refractivity contribution in [1.29, 1.82) is 0 Å². The quantitative estimate of drug-likeness (QED) is 0.769. The summed E-state index contributed by atoms with van der Waals surface area (Å²) >= 11 is 0. The molecule has 2 aromatic rings. The Morgan fingerprint density at radius 3 is 2.15 bits per heavy atom. The van der Waals surface area contributed by atoms with Crippen LogP contribution in [0.4, 0.5) is 0 Å². The van der Waals surface area contributed by atoms with Gasteiger partial charge in [0.05, 0.1) is 11.1 Å². The molecule has 8 heteroatoms. The Morgan fingerprint density at radius 2 is 1.65 bits per heavy atom. The van der Waals surface area contributed by atoms with Crippen LogP contribution in [0, 0.1) is 0 Å². The molecule has 0 atom stereocenters. The number of nitrogens with two attached hydrogens (primary N) is 1. The van der Waals surface area contributed by atoms with Crippen LogP contribution in [0.25, 0.3) is 10.8 Å². The molecule has 0 radical (unpaired) electrons. The predicted octanol–water partition coefficient (Wildman–Crippen LogP) is 0.884. The number of benzene rings is 2. The van der Waals surface area contributed by atoms with Crippen LogP contribution in [-0.4, -0.2) is 30.6 Å². The van der Waals surface area contributed by atoms with Crippen LogP contribution in [-0.2, 0) is 10.0 Å². The van der Waals surface area contributed by atoms with E-state index in [1.807, 2.05) is 0 Å². The second-order valence-electron chi connectivity index (χ2n) is 4.03. The van der Waals surface area contributed by atoms with E-state index in [4.69, 9.17) is 15.4 Å². The van der Waals surface area contributed by atoms with Crippen molar-refractivity contribution in [2.75, 3.05) is 0 Å². The van der Waals surface area contributed by atoms with Crippen molar-refractivity contribution in [2.24, 2.45) is 5.14 Å². The van der Waals surface area contributed by atoms with Gasteiger partial charge in [0.25, 0.3) is 0 Å². The molecule has 0 aromatic heterocycles. The summed E-state index contributed by atoms with van der Waals surface area (Å²) in [7, 11) is -4.27. The molecule has 104 valence electrons. The van der Waals surface area contributed by atoms with Crippen molar-refractivity contribution < 1.29 is 28.2 Å². The fourth-order valence-corrected chi connectivity index (χ4v) is 2.86. The molecule has 0 spiro atoms. The Bertz CT molecular complexity index is 840. The highest BCUT2D eigenvalue weighted by Gasteiger charge is 2.22. The lowest BCUT2D eigenvalue weighted by molar-refractivity contribution is 0.0683. The second-order valence-corrected chi connectivity index (χ2v) is 5.53. The molecular formula is C12H9NO6S. The van der Waals surface area contributed by atoms with Gasteiger partial charge >= 0.3 is 11.9 Å². The van der Waals surface area contributed by atoms with Gasteiger partial charge in [0.2, 0.25) is 10.0 Å². The van der Waals surface area contributed by atoms with Crippen LogP contribution in [0.3, 0.4) is 0 Å². The van der Waals surface area contributed by atoms with E-state index in [1.54, 1.807) is 0 Å². The van der Waals surface area contributed by atoms with E-state index in [9.17, 15) is 18.0 Å². The second kappa shape index (κ2) is 4.58. The molecule has 0 saturated heterocycles. The zero-order valence-corrected chi connectivity index (χ0v) is 10.7. The van der Waals surface area contributed by atoms with Gasteiger partial charge in [0.1, 0.15) is 4.90 Å². The average Bonchev–Trinajstić information content (AvgIpc) is 2.35. The lowest BCUT2D eigenvalue weighted by atomic mass is 10.0. The van der Waals surface area contributed by atoms with Gasteiger partial charge < -0.3 is 10.2 Å². The molecule has 4 N–H and O–H groups in total. The van der Waals surface area contributed by atoms with Crippen LogP contribution in [0.5, 0.6) is 0 Å². The maximum Gasteiger partial charge on any atom is 0.337 e. The van der Waals surface area contributed by atoms with Gasteiger partial charge in [-0.05, 0) is 23.6 Å². The molecule has 0 aliphatic rings. The lowest BCUT2D eigenvalue weighted by Crippen LogP contribution is -2.17. The molecule has 0 heterocycles. The van der Waals surface area contributed by atoms with Crippen LogP contribution >= 0.6 is 0 Å². The Morgan fingerprint density at radius 1 is 1.00 bits per heavy atom. The van der Waals surface area contributed by atoms with Crippen molar-refractivity contribution in [1.82, 2.24) is 0 Å². The first-order valence-electron chi connectivity index (χ1n) is 5.28. The number of aromatic carboxylic acids is 2. The van der Waals surface area contributed by atoms with Crippen LogP contribution < -0.4 is 5.14 Å². The highest BCUT2D eigenvalue weighted by molar-refractivity contribution is 7.89. The minimum Gasteiger partial charge on any atom is -0.478 e. The van der Waals surface area contributed by atoms with E-state index in [1.165, 1.54) is 24.3 Å². The smallest absolute Gasteiger partial charge is 0.337 e. The summed E-state index contributed by atoms with van der Waals surface area (Å²) in [6.45, 7) is 0. The van der Waals surface area contributed by atoms with Gasteiger partial charge in [-0.15, -0.1) is 0 Å². The monoisotopic (exact) mass is 295 g/mol. The Balaban J connectivity index is 2.93. The van der Waals surface area contributed by atoms with Crippen LogP contribution in [0.15, 0.2) is 35.2 Å². The molecule has 2 rings (SSSR count). The highest BCUT2D eigenvalue weighted by Crippen LogP contribution is 2.27. The van der Waals surface area contributed by atoms with Crippen LogP contribution in [0.1, 0.15) is 20.7 Å². The molecule has 2 aromatic carbocycles. The SMILES string of the molecule is NS(=O)(=O)c1c(C(=O)O)ccc2cc(C(=O)O)ccc12. The predicted molar refractivity (Wildman–Crippen MR) is 69.2 cm³/mol. The number of carboxylic acid groups (broad SMARTS) is 2. The number of primary sulfonamides is 1. The first kappa shape index (κ1) is 14.0. The number of hydrogen-bond donors (Lipinski definition) is 3. The molecule has 0 aliphatic heterocycles. The average molecular weight is 295 g/mol. The number of fused-ring (bicyclic) bond motifs is 1. The lowest BCUT2D eigenvalue weighted by Gasteiger charge is -2.09. The first-order valence-corrected chi connectivity index (χ1v) is 6.82. The van der Waals surface area contributed by atoms with E-state index in [0.717, 1.165) is 6.07 Å². The first-order chi connectivity index (χ1) is 9.21. The van der Waals surface area contributed by atoms with Crippen molar-refractivity contribution in [3.8, 4) is 0 Å². The highest BCUT2D eigenvalue weighted by atomic mass is 32.2. The molecule has 0 bridgehead atoms. The summed E-state index contributed by atoms with van der Waals surface area (Å²) in [6, 6.07) is 6.07. The maximum absolute atomic E-state index is 11.6. The number of hydrogen-bond acceptors (Lipinski definition) is 4. The third kappa shape index (κ3) is 2.33. The minimum absolute atomic E-state index is 0.0408. The Hall–Kier alpha value is -2.45. The molecular weight excluding hydrogens is 286 g/mol. The van der Waals surface area contributed by atoms with E-state index in [-0.39, 0.29) is 16.3 Å². The third-order valence-corrected chi connectivity index (χ3v) is 3.74. The van der Waals surface area contributed by atoms with E-state index < -0.39 is 32.4 Å². The van der Waals surface area contributed by atoms with Crippen molar-refractivity contribution in [3.05, 3.63) is 41.5 Å². The van der Waals surface area contributed by atoms with Gasteiger partial charge in [0.15, 0.2) is 0 Å². The summed E-state index contributed by atoms with van der Waals surface area (Å²) in [5.74, 6) is -2.61. The van der Waals surface area contributed by atoms with E-state index in [0.29, 0.717) is 0 Å². The van der Waals surface area contributed by atoms with Gasteiger partial charge in [-0.2, -0.15) is 0 Å². The van der Waals surface area contributed by atoms with Crippen LogP contribution in [0.2, 0.25) is 0 Å². The summed E-state index contributed by atoms with van der Waals surface area (Å²) < 4.78 is 23.2. The van der Waals surface area contributed by atoms with Gasteiger partial charge in [-0.3, -0.25) is 0 Å². The molecule has 0 unspecified atom stereocenters. The Labute approximate surface area is 113 Å². The fourth-order valence-electron chi connectivity index (χ4n) is 1.91. The van der Waals surface area contributed by atoms with Gasteiger partial charge in [-0.1, -0.05) is 12.1 Å². The summed E-state index contributed by atoms with van der Waals surface area (Å²) in [6.07, 6.45) is 0. The largest absolute Gasteiger partial charge is 0.478 e. The molecule has 20 heavy (non-hydrogen) atoms. The fraction of sp³-hybridized carbons (Fsp3) is 0. The Kier molecular flexibility index (Phi) is 3.20. The standard InChI is InChI=1S/C12H9NO6S/c13-20(18,19)10-8-3-2-7(11(14)15)5-6(8)1-4-9(10)12(16)17/h1-5H,(H,14,15)(H,16,17)(H2,13,18,19). The summed E-state index contributed by atoms with van der Waals surface area (Å²) in [4.78, 5) is 21.4. The van der Waals surface area contributed by atoms with Crippen molar-refractivity contribution >= 4 is 32.7 Å². The number of carbonyl (C=O) groups is 2. The molecule has 0 aliphatic carbocycles. The van der Waals surface area contributed by atoms with E-state index in [2.05, 4.69) is 0 Å².